The van der Waals surface area contributed by atoms with Crippen LogP contribution >= 0.6 is 0 Å². The third-order valence-electron chi connectivity index (χ3n) is 4.96. The summed E-state index contributed by atoms with van der Waals surface area (Å²) in [6, 6.07) is 17.4. The van der Waals surface area contributed by atoms with E-state index < -0.39 is 6.04 Å². The first-order valence-corrected chi connectivity index (χ1v) is 9.67. The SMILES string of the molecule is Cc1ccc(NC(=O)N(Cc2ccco2)[C@H](C)c2nc3ccccc3c(=O)[nH]2)cc1. The molecule has 2 aromatic heterocycles. The number of nitrogens with one attached hydrogen (secondary N) is 2. The number of amides is 2. The summed E-state index contributed by atoms with van der Waals surface area (Å²) in [6.07, 6.45) is 1.56. The summed E-state index contributed by atoms with van der Waals surface area (Å²) >= 11 is 0. The van der Waals surface area contributed by atoms with Gasteiger partial charge in [0, 0.05) is 5.69 Å². The highest BCUT2D eigenvalue weighted by Gasteiger charge is 2.25. The van der Waals surface area contributed by atoms with Crippen molar-refractivity contribution < 1.29 is 9.21 Å². The third kappa shape index (κ3) is 4.10. The molecule has 4 aromatic rings. The summed E-state index contributed by atoms with van der Waals surface area (Å²) in [5.74, 6) is 1.04. The Morgan fingerprint density at radius 3 is 2.63 bits per heavy atom. The van der Waals surface area contributed by atoms with Crippen molar-refractivity contribution in [3.8, 4) is 0 Å². The number of rotatable bonds is 5. The molecule has 30 heavy (non-hydrogen) atoms. The van der Waals surface area contributed by atoms with Gasteiger partial charge in [0.1, 0.15) is 11.6 Å². The number of aryl methyl sites for hydroxylation is 1. The molecule has 152 valence electrons. The number of hydrogen-bond acceptors (Lipinski definition) is 4. The number of nitrogens with zero attached hydrogens (tertiary/aromatic N) is 2. The Morgan fingerprint density at radius 1 is 1.13 bits per heavy atom. The van der Waals surface area contributed by atoms with E-state index in [-0.39, 0.29) is 18.1 Å². The number of para-hydroxylation sites is 1. The fraction of sp³-hybridized carbons (Fsp3) is 0.174. The first-order valence-electron chi connectivity index (χ1n) is 9.67. The van der Waals surface area contributed by atoms with Crippen LogP contribution in [0.15, 0.2) is 76.1 Å². The highest BCUT2D eigenvalue weighted by Crippen LogP contribution is 2.22. The first kappa shape index (κ1) is 19.4. The number of furan rings is 1. The molecule has 2 amide bonds. The van der Waals surface area contributed by atoms with E-state index in [4.69, 9.17) is 4.42 Å². The van der Waals surface area contributed by atoms with Crippen LogP contribution in [0.2, 0.25) is 0 Å². The van der Waals surface area contributed by atoms with Crippen molar-refractivity contribution >= 4 is 22.6 Å². The van der Waals surface area contributed by atoms with Crippen LogP contribution in [0.4, 0.5) is 10.5 Å². The molecule has 2 heterocycles. The molecule has 0 fully saturated rings. The molecule has 7 nitrogen and oxygen atoms in total. The second-order valence-electron chi connectivity index (χ2n) is 7.15. The van der Waals surface area contributed by atoms with Crippen molar-refractivity contribution in [1.29, 1.82) is 0 Å². The van der Waals surface area contributed by atoms with Crippen LogP contribution in [0.1, 0.15) is 30.1 Å². The van der Waals surface area contributed by atoms with Gasteiger partial charge < -0.3 is 19.6 Å². The number of hydrogen-bond donors (Lipinski definition) is 2. The number of anilines is 1. The minimum absolute atomic E-state index is 0.225. The molecule has 0 saturated carbocycles. The normalized spacial score (nSPS) is 11.9. The molecule has 0 aliphatic heterocycles. The Hall–Kier alpha value is -3.87. The van der Waals surface area contributed by atoms with E-state index in [2.05, 4.69) is 15.3 Å². The van der Waals surface area contributed by atoms with Crippen LogP contribution in [0.25, 0.3) is 10.9 Å². The maximum absolute atomic E-state index is 13.1. The minimum atomic E-state index is -0.502. The van der Waals surface area contributed by atoms with Crippen LogP contribution in [0.5, 0.6) is 0 Å². The number of benzene rings is 2. The lowest BCUT2D eigenvalue weighted by molar-refractivity contribution is 0.180. The summed E-state index contributed by atoms with van der Waals surface area (Å²) < 4.78 is 5.45. The van der Waals surface area contributed by atoms with Crippen LogP contribution in [0.3, 0.4) is 0 Å². The van der Waals surface area contributed by atoms with Crippen LogP contribution in [-0.4, -0.2) is 20.9 Å². The zero-order chi connectivity index (χ0) is 21.1. The fourth-order valence-electron chi connectivity index (χ4n) is 3.24. The number of carbonyl (C=O) groups excluding carboxylic acids is 1. The van der Waals surface area contributed by atoms with E-state index in [0.717, 1.165) is 5.56 Å². The van der Waals surface area contributed by atoms with E-state index in [1.54, 1.807) is 41.5 Å². The molecular formula is C23H22N4O3. The Kier molecular flexibility index (Phi) is 5.34. The van der Waals surface area contributed by atoms with Gasteiger partial charge in [-0.15, -0.1) is 0 Å². The van der Waals surface area contributed by atoms with Crippen molar-refractivity contribution in [2.24, 2.45) is 0 Å². The molecule has 0 bridgehead atoms. The van der Waals surface area contributed by atoms with Gasteiger partial charge in [-0.2, -0.15) is 0 Å². The summed E-state index contributed by atoms with van der Waals surface area (Å²) in [5.41, 5.74) is 2.13. The lowest BCUT2D eigenvalue weighted by Crippen LogP contribution is -2.37. The second-order valence-corrected chi connectivity index (χ2v) is 7.15. The van der Waals surface area contributed by atoms with Gasteiger partial charge >= 0.3 is 6.03 Å². The lowest BCUT2D eigenvalue weighted by atomic mass is 10.2. The van der Waals surface area contributed by atoms with E-state index >= 15 is 0 Å². The Morgan fingerprint density at radius 2 is 1.90 bits per heavy atom. The molecule has 0 radical (unpaired) electrons. The molecule has 0 unspecified atom stereocenters. The first-order chi connectivity index (χ1) is 14.5. The van der Waals surface area contributed by atoms with Gasteiger partial charge in [0.2, 0.25) is 0 Å². The van der Waals surface area contributed by atoms with Crippen molar-refractivity contribution in [1.82, 2.24) is 14.9 Å². The van der Waals surface area contributed by atoms with Gasteiger partial charge in [0.15, 0.2) is 0 Å². The summed E-state index contributed by atoms with van der Waals surface area (Å²) in [4.78, 5) is 34.6. The molecule has 0 aliphatic rings. The van der Waals surface area contributed by atoms with Crippen molar-refractivity contribution in [3.05, 3.63) is 94.4 Å². The molecule has 2 aromatic carbocycles. The van der Waals surface area contributed by atoms with Crippen LogP contribution in [-0.2, 0) is 6.54 Å². The summed E-state index contributed by atoms with van der Waals surface area (Å²) in [6.45, 7) is 4.03. The largest absolute Gasteiger partial charge is 0.467 e. The number of urea groups is 1. The molecular weight excluding hydrogens is 380 g/mol. The maximum Gasteiger partial charge on any atom is 0.322 e. The highest BCUT2D eigenvalue weighted by atomic mass is 16.3. The smallest absolute Gasteiger partial charge is 0.322 e. The molecule has 0 saturated heterocycles. The predicted molar refractivity (Wildman–Crippen MR) is 115 cm³/mol. The topological polar surface area (TPSA) is 91.2 Å². The summed E-state index contributed by atoms with van der Waals surface area (Å²) in [5, 5.41) is 3.42. The van der Waals surface area contributed by atoms with Crippen molar-refractivity contribution in [2.75, 3.05) is 5.32 Å². The fourth-order valence-corrected chi connectivity index (χ4v) is 3.24. The van der Waals surface area contributed by atoms with Crippen LogP contribution < -0.4 is 10.9 Å². The molecule has 0 aliphatic carbocycles. The quantitative estimate of drug-likeness (QED) is 0.510. The molecule has 7 heteroatoms. The van der Waals surface area contributed by atoms with Crippen molar-refractivity contribution in [2.45, 2.75) is 26.4 Å². The van der Waals surface area contributed by atoms with Gasteiger partial charge in [-0.25, -0.2) is 9.78 Å². The lowest BCUT2D eigenvalue weighted by Gasteiger charge is -2.28. The maximum atomic E-state index is 13.1. The number of H-pyrrole nitrogens is 1. The Balaban J connectivity index is 1.67. The van der Waals surface area contributed by atoms with Gasteiger partial charge in [0.05, 0.1) is 29.8 Å². The number of fused-ring (bicyclic) bond motifs is 1. The van der Waals surface area contributed by atoms with Crippen molar-refractivity contribution in [3.63, 3.8) is 0 Å². The second kappa shape index (κ2) is 8.24. The zero-order valence-corrected chi connectivity index (χ0v) is 16.8. The molecule has 0 spiro atoms. The van der Waals surface area contributed by atoms with Crippen LogP contribution in [0, 0.1) is 6.92 Å². The monoisotopic (exact) mass is 402 g/mol. The molecule has 2 N–H and O–H groups in total. The minimum Gasteiger partial charge on any atom is -0.467 e. The average molecular weight is 402 g/mol. The van der Waals surface area contributed by atoms with Gasteiger partial charge in [-0.05, 0) is 50.2 Å². The zero-order valence-electron chi connectivity index (χ0n) is 16.8. The third-order valence-corrected chi connectivity index (χ3v) is 4.96. The van der Waals surface area contributed by atoms with Gasteiger partial charge in [-0.3, -0.25) is 4.79 Å². The molecule has 4 rings (SSSR count). The van der Waals surface area contributed by atoms with Gasteiger partial charge in [0.25, 0.3) is 5.56 Å². The predicted octanol–water partition coefficient (Wildman–Crippen LogP) is 4.62. The number of aromatic nitrogens is 2. The van der Waals surface area contributed by atoms with E-state index in [1.807, 2.05) is 44.2 Å². The van der Waals surface area contributed by atoms with E-state index in [0.29, 0.717) is 28.2 Å². The Labute approximate surface area is 173 Å². The highest BCUT2D eigenvalue weighted by molar-refractivity contribution is 5.89. The summed E-state index contributed by atoms with van der Waals surface area (Å²) in [7, 11) is 0. The number of aromatic amines is 1. The Bertz CT molecular complexity index is 1210. The van der Waals surface area contributed by atoms with E-state index in [9.17, 15) is 9.59 Å². The standard InChI is InChI=1S/C23H22N4O3/c1-15-9-11-17(12-10-15)24-23(29)27(14-18-6-5-13-30-18)16(2)21-25-20-8-4-3-7-19(20)22(28)26-21/h3-13,16H,14H2,1-2H3,(H,24,29)(H,25,26,28)/t16-/m1/s1. The van der Waals surface area contributed by atoms with E-state index in [1.165, 1.54) is 0 Å². The average Bonchev–Trinajstić information content (AvgIpc) is 3.26. The van der Waals surface area contributed by atoms with Gasteiger partial charge in [-0.1, -0.05) is 29.8 Å². The number of carbonyl (C=O) groups is 1. The molecule has 1 atom stereocenters.